The molecule has 1 aromatic carbocycles. The highest BCUT2D eigenvalue weighted by Gasteiger charge is 2.16. The number of thiophene rings is 2. The molecule has 3 nitrogen and oxygen atoms in total. The van der Waals surface area contributed by atoms with Crippen LogP contribution in [-0.2, 0) is 0 Å². The molecule has 0 N–H and O–H groups in total. The first-order chi connectivity index (χ1) is 10.2. The molecular formula is C16H12N2OS2. The van der Waals surface area contributed by atoms with Crippen molar-refractivity contribution in [3.63, 3.8) is 0 Å². The minimum atomic E-state index is 0.834. The van der Waals surface area contributed by atoms with Crippen LogP contribution in [-0.4, -0.2) is 10.3 Å². The summed E-state index contributed by atoms with van der Waals surface area (Å²) >= 11 is 3.44. The second kappa shape index (κ2) is 4.79. The van der Waals surface area contributed by atoms with E-state index in [4.69, 9.17) is 4.63 Å². The van der Waals surface area contributed by atoms with Gasteiger partial charge in [0.05, 0.1) is 0 Å². The van der Waals surface area contributed by atoms with E-state index in [0.29, 0.717) is 0 Å². The number of hydrogen-bond acceptors (Lipinski definition) is 5. The molecule has 0 aliphatic heterocycles. The molecule has 0 spiro atoms. The fourth-order valence-electron chi connectivity index (χ4n) is 2.41. The Balaban J connectivity index is 1.96. The van der Waals surface area contributed by atoms with Gasteiger partial charge < -0.3 is 0 Å². The van der Waals surface area contributed by atoms with Gasteiger partial charge in [-0.05, 0) is 58.2 Å². The highest BCUT2D eigenvalue weighted by Crippen LogP contribution is 2.38. The van der Waals surface area contributed by atoms with Gasteiger partial charge in [0.25, 0.3) is 0 Å². The summed E-state index contributed by atoms with van der Waals surface area (Å²) < 4.78 is 5.01. The molecular weight excluding hydrogens is 300 g/mol. The van der Waals surface area contributed by atoms with E-state index in [1.165, 1.54) is 20.9 Å². The third-order valence-electron chi connectivity index (χ3n) is 3.41. The third kappa shape index (κ3) is 2.09. The van der Waals surface area contributed by atoms with Gasteiger partial charge in [-0.1, -0.05) is 12.1 Å². The predicted octanol–water partition coefficient (Wildman–Crippen LogP) is 5.30. The molecule has 0 bridgehead atoms. The van der Waals surface area contributed by atoms with Gasteiger partial charge in [0.2, 0.25) is 0 Å². The van der Waals surface area contributed by atoms with Gasteiger partial charge >= 0.3 is 0 Å². The van der Waals surface area contributed by atoms with Gasteiger partial charge in [0, 0.05) is 20.9 Å². The lowest BCUT2D eigenvalue weighted by atomic mass is 10.1. The molecule has 4 rings (SSSR count). The van der Waals surface area contributed by atoms with Crippen LogP contribution in [0, 0.1) is 13.8 Å². The summed E-state index contributed by atoms with van der Waals surface area (Å²) in [5, 5.41) is 12.5. The average Bonchev–Trinajstić information content (AvgIpc) is 3.18. The standard InChI is InChI=1S/C16H12N2OS2/c1-9-5-13(20-7-9)11-3-4-12(14-6-10(2)8-21-14)16-15(11)17-19-18-16/h3-8H,1-2H3. The van der Waals surface area contributed by atoms with Crippen molar-refractivity contribution in [3.05, 3.63) is 46.2 Å². The van der Waals surface area contributed by atoms with Gasteiger partial charge in [-0.25, -0.2) is 4.63 Å². The van der Waals surface area contributed by atoms with Crippen LogP contribution in [0.1, 0.15) is 11.1 Å². The van der Waals surface area contributed by atoms with Gasteiger partial charge in [-0.15, -0.1) is 22.7 Å². The number of nitrogens with zero attached hydrogens (tertiary/aromatic N) is 2. The fraction of sp³-hybridized carbons (Fsp3) is 0.125. The Hall–Kier alpha value is -1.98. The van der Waals surface area contributed by atoms with Crippen molar-refractivity contribution in [2.24, 2.45) is 0 Å². The maximum absolute atomic E-state index is 5.01. The molecule has 0 aliphatic rings. The van der Waals surface area contributed by atoms with Crippen LogP contribution in [0.2, 0.25) is 0 Å². The van der Waals surface area contributed by atoms with Crippen molar-refractivity contribution in [2.45, 2.75) is 13.8 Å². The third-order valence-corrected chi connectivity index (χ3v) is 5.57. The Morgan fingerprint density at radius 3 is 1.67 bits per heavy atom. The maximum atomic E-state index is 5.01. The van der Waals surface area contributed by atoms with Crippen molar-refractivity contribution in [3.8, 4) is 20.9 Å². The molecule has 0 unspecified atom stereocenters. The van der Waals surface area contributed by atoms with E-state index in [2.05, 4.69) is 59.2 Å². The lowest BCUT2D eigenvalue weighted by Crippen LogP contribution is -1.82. The Morgan fingerprint density at radius 1 is 0.810 bits per heavy atom. The molecule has 0 amide bonds. The van der Waals surface area contributed by atoms with E-state index in [0.717, 1.165) is 22.2 Å². The van der Waals surface area contributed by atoms with Crippen LogP contribution < -0.4 is 0 Å². The topological polar surface area (TPSA) is 38.9 Å². The molecule has 0 saturated carbocycles. The van der Waals surface area contributed by atoms with E-state index in [9.17, 15) is 0 Å². The van der Waals surface area contributed by atoms with Crippen LogP contribution in [0.15, 0.2) is 39.7 Å². The lowest BCUT2D eigenvalue weighted by molar-refractivity contribution is 0.315. The zero-order chi connectivity index (χ0) is 14.4. The summed E-state index contributed by atoms with van der Waals surface area (Å²) in [6.45, 7) is 4.20. The smallest absolute Gasteiger partial charge is 0.144 e. The van der Waals surface area contributed by atoms with Gasteiger partial charge in [0.15, 0.2) is 0 Å². The molecule has 104 valence electrons. The summed E-state index contributed by atoms with van der Waals surface area (Å²) in [7, 11) is 0. The van der Waals surface area contributed by atoms with Crippen LogP contribution in [0.25, 0.3) is 31.9 Å². The first-order valence-electron chi connectivity index (χ1n) is 6.58. The average molecular weight is 312 g/mol. The largest absolute Gasteiger partial charge is 0.243 e. The number of benzene rings is 1. The van der Waals surface area contributed by atoms with Crippen LogP contribution in [0.5, 0.6) is 0 Å². The maximum Gasteiger partial charge on any atom is 0.144 e. The van der Waals surface area contributed by atoms with Crippen LogP contribution in [0.4, 0.5) is 0 Å². The predicted molar refractivity (Wildman–Crippen MR) is 87.9 cm³/mol. The summed E-state index contributed by atoms with van der Waals surface area (Å²) in [4.78, 5) is 2.39. The van der Waals surface area contributed by atoms with Gasteiger partial charge in [-0.3, -0.25) is 0 Å². The molecule has 21 heavy (non-hydrogen) atoms. The molecule has 5 heteroatoms. The van der Waals surface area contributed by atoms with Crippen molar-refractivity contribution >= 4 is 33.7 Å². The SMILES string of the molecule is Cc1csc(-c2ccc(-c3cc(C)cs3)c3nonc23)c1. The number of aryl methyl sites for hydroxylation is 2. The van der Waals surface area contributed by atoms with Crippen molar-refractivity contribution in [1.82, 2.24) is 10.3 Å². The van der Waals surface area contributed by atoms with E-state index >= 15 is 0 Å². The fourth-order valence-corrected chi connectivity index (χ4v) is 4.26. The highest BCUT2D eigenvalue weighted by atomic mass is 32.1. The molecule has 4 aromatic rings. The molecule has 0 radical (unpaired) electrons. The van der Waals surface area contributed by atoms with Crippen molar-refractivity contribution in [2.75, 3.05) is 0 Å². The monoisotopic (exact) mass is 312 g/mol. The lowest BCUT2D eigenvalue weighted by Gasteiger charge is -2.02. The van der Waals surface area contributed by atoms with Gasteiger partial charge in [0.1, 0.15) is 11.0 Å². The zero-order valence-electron chi connectivity index (χ0n) is 11.6. The Morgan fingerprint density at radius 2 is 1.29 bits per heavy atom. The molecule has 0 aliphatic carbocycles. The van der Waals surface area contributed by atoms with Crippen LogP contribution in [0.3, 0.4) is 0 Å². The summed E-state index contributed by atoms with van der Waals surface area (Å²) in [6, 6.07) is 8.57. The number of hydrogen-bond donors (Lipinski definition) is 0. The molecule has 3 aromatic heterocycles. The number of aromatic nitrogens is 2. The number of rotatable bonds is 2. The molecule has 0 fully saturated rings. The van der Waals surface area contributed by atoms with E-state index in [1.54, 1.807) is 22.7 Å². The second-order valence-corrected chi connectivity index (χ2v) is 6.92. The Labute approximate surface area is 129 Å². The Kier molecular flexibility index (Phi) is 2.90. The summed E-state index contributed by atoms with van der Waals surface area (Å²) in [5.74, 6) is 0. The van der Waals surface area contributed by atoms with E-state index in [-0.39, 0.29) is 0 Å². The zero-order valence-corrected chi connectivity index (χ0v) is 13.2. The highest BCUT2D eigenvalue weighted by molar-refractivity contribution is 7.14. The first kappa shape index (κ1) is 12.7. The van der Waals surface area contributed by atoms with Crippen molar-refractivity contribution in [1.29, 1.82) is 0 Å². The van der Waals surface area contributed by atoms with Crippen molar-refractivity contribution < 1.29 is 4.63 Å². The second-order valence-electron chi connectivity index (χ2n) is 5.10. The molecule has 3 heterocycles. The summed E-state index contributed by atoms with van der Waals surface area (Å²) in [5.41, 5.74) is 6.36. The van der Waals surface area contributed by atoms with E-state index < -0.39 is 0 Å². The quantitative estimate of drug-likeness (QED) is 0.504. The first-order valence-corrected chi connectivity index (χ1v) is 8.34. The number of fused-ring (bicyclic) bond motifs is 1. The van der Waals surface area contributed by atoms with E-state index in [1.807, 2.05) is 0 Å². The minimum absolute atomic E-state index is 0.834. The summed E-state index contributed by atoms with van der Waals surface area (Å²) in [6.07, 6.45) is 0. The molecule has 0 saturated heterocycles. The Bertz CT molecular complexity index is 858. The normalized spacial score (nSPS) is 11.3. The van der Waals surface area contributed by atoms with Crippen LogP contribution >= 0.6 is 22.7 Å². The molecule has 0 atom stereocenters. The van der Waals surface area contributed by atoms with Gasteiger partial charge in [-0.2, -0.15) is 0 Å². The minimum Gasteiger partial charge on any atom is -0.243 e.